The molecule has 0 aliphatic rings. The number of nitrogens with one attached hydrogen (secondary N) is 1. The molecule has 7 nitrogen and oxygen atoms in total. The SMILES string of the molecule is CCCOCCN(O)Cn1c(=O)[nH]cc(F)c1=O. The molecule has 0 aromatic carbocycles. The number of hydroxylamine groups is 2. The van der Waals surface area contributed by atoms with Crippen molar-refractivity contribution in [3.8, 4) is 0 Å². The van der Waals surface area contributed by atoms with Crippen molar-refractivity contribution in [1.29, 1.82) is 0 Å². The minimum Gasteiger partial charge on any atom is -0.380 e. The van der Waals surface area contributed by atoms with Gasteiger partial charge in [0.2, 0.25) is 5.82 Å². The van der Waals surface area contributed by atoms with Crippen LogP contribution in [0.2, 0.25) is 0 Å². The quantitative estimate of drug-likeness (QED) is 0.522. The summed E-state index contributed by atoms with van der Waals surface area (Å²) in [6.45, 7) is 2.47. The summed E-state index contributed by atoms with van der Waals surface area (Å²) in [7, 11) is 0. The van der Waals surface area contributed by atoms with Gasteiger partial charge in [0.15, 0.2) is 0 Å². The van der Waals surface area contributed by atoms with E-state index >= 15 is 0 Å². The molecule has 0 radical (unpaired) electrons. The van der Waals surface area contributed by atoms with Crippen LogP contribution in [0.3, 0.4) is 0 Å². The molecule has 2 N–H and O–H groups in total. The van der Waals surface area contributed by atoms with E-state index in [0.29, 0.717) is 22.4 Å². The highest BCUT2D eigenvalue weighted by Crippen LogP contribution is 1.88. The summed E-state index contributed by atoms with van der Waals surface area (Å²) in [4.78, 5) is 24.6. The Balaban J connectivity index is 2.59. The summed E-state index contributed by atoms with van der Waals surface area (Å²) in [5, 5.41) is 10.2. The summed E-state index contributed by atoms with van der Waals surface area (Å²) in [6, 6.07) is 0. The monoisotopic (exact) mass is 261 g/mol. The first kappa shape index (κ1) is 14.6. The van der Waals surface area contributed by atoms with Crippen molar-refractivity contribution in [3.05, 3.63) is 32.9 Å². The molecule has 0 spiro atoms. The van der Waals surface area contributed by atoms with Crippen molar-refractivity contribution >= 4 is 0 Å². The van der Waals surface area contributed by atoms with Gasteiger partial charge in [0.05, 0.1) is 6.61 Å². The lowest BCUT2D eigenvalue weighted by atomic mass is 10.5. The molecule has 18 heavy (non-hydrogen) atoms. The smallest absolute Gasteiger partial charge is 0.329 e. The van der Waals surface area contributed by atoms with Gasteiger partial charge in [-0.3, -0.25) is 4.79 Å². The average Bonchev–Trinajstić information content (AvgIpc) is 2.35. The fourth-order valence-corrected chi connectivity index (χ4v) is 1.26. The zero-order valence-corrected chi connectivity index (χ0v) is 10.1. The first-order valence-electron chi connectivity index (χ1n) is 5.55. The number of nitrogens with zero attached hydrogens (tertiary/aromatic N) is 2. The molecule has 8 heteroatoms. The van der Waals surface area contributed by atoms with Gasteiger partial charge in [0.25, 0.3) is 5.56 Å². The summed E-state index contributed by atoms with van der Waals surface area (Å²) in [6.07, 6.45) is 1.54. The highest BCUT2D eigenvalue weighted by molar-refractivity contribution is 4.86. The molecular formula is C10H16FN3O4. The molecule has 0 atom stereocenters. The van der Waals surface area contributed by atoms with Gasteiger partial charge in [-0.05, 0) is 6.42 Å². The van der Waals surface area contributed by atoms with Crippen LogP contribution in [0.25, 0.3) is 0 Å². The van der Waals surface area contributed by atoms with E-state index < -0.39 is 23.7 Å². The molecule has 0 unspecified atom stereocenters. The van der Waals surface area contributed by atoms with E-state index in [1.54, 1.807) is 0 Å². The van der Waals surface area contributed by atoms with Crippen LogP contribution in [0, 0.1) is 5.82 Å². The number of rotatable bonds is 7. The fraction of sp³-hybridized carbons (Fsp3) is 0.600. The first-order chi connectivity index (χ1) is 8.56. The Morgan fingerprint density at radius 2 is 2.22 bits per heavy atom. The molecule has 0 saturated heterocycles. The molecule has 1 aromatic rings. The second-order valence-electron chi connectivity index (χ2n) is 3.66. The maximum absolute atomic E-state index is 12.9. The zero-order chi connectivity index (χ0) is 13.5. The summed E-state index contributed by atoms with van der Waals surface area (Å²) >= 11 is 0. The molecule has 102 valence electrons. The second kappa shape index (κ2) is 7.04. The van der Waals surface area contributed by atoms with Crippen molar-refractivity contribution in [3.63, 3.8) is 0 Å². The van der Waals surface area contributed by atoms with Gasteiger partial charge in [-0.1, -0.05) is 6.92 Å². The van der Waals surface area contributed by atoms with Gasteiger partial charge in [-0.15, -0.1) is 0 Å². The van der Waals surface area contributed by atoms with Gasteiger partial charge >= 0.3 is 5.69 Å². The molecule has 0 aliphatic carbocycles. The van der Waals surface area contributed by atoms with E-state index in [1.165, 1.54) is 0 Å². The van der Waals surface area contributed by atoms with Gasteiger partial charge in [0, 0.05) is 19.3 Å². The maximum Gasteiger partial charge on any atom is 0.329 e. The van der Waals surface area contributed by atoms with Crippen LogP contribution in [0.4, 0.5) is 4.39 Å². The number of hydrogen-bond acceptors (Lipinski definition) is 5. The Hall–Kier alpha value is -1.51. The van der Waals surface area contributed by atoms with Crippen molar-refractivity contribution in [2.24, 2.45) is 0 Å². The molecule has 0 bridgehead atoms. The number of H-pyrrole nitrogens is 1. The zero-order valence-electron chi connectivity index (χ0n) is 10.1. The number of aromatic nitrogens is 2. The van der Waals surface area contributed by atoms with Crippen LogP contribution >= 0.6 is 0 Å². The molecule has 1 heterocycles. The predicted molar refractivity (Wildman–Crippen MR) is 60.9 cm³/mol. The van der Waals surface area contributed by atoms with Crippen molar-refractivity contribution in [2.45, 2.75) is 20.0 Å². The molecule has 0 amide bonds. The third kappa shape index (κ3) is 4.06. The van der Waals surface area contributed by atoms with Gasteiger partial charge in [-0.25, -0.2) is 9.36 Å². The lowest BCUT2D eigenvalue weighted by molar-refractivity contribution is -0.129. The fourth-order valence-electron chi connectivity index (χ4n) is 1.26. The van der Waals surface area contributed by atoms with E-state index in [1.807, 2.05) is 6.92 Å². The summed E-state index contributed by atoms with van der Waals surface area (Å²) in [5.41, 5.74) is -1.86. The van der Waals surface area contributed by atoms with E-state index in [2.05, 4.69) is 4.98 Å². The average molecular weight is 261 g/mol. The van der Waals surface area contributed by atoms with E-state index in [0.717, 1.165) is 6.42 Å². The van der Waals surface area contributed by atoms with Crippen molar-refractivity contribution in [1.82, 2.24) is 14.6 Å². The highest BCUT2D eigenvalue weighted by Gasteiger charge is 2.09. The molecular weight excluding hydrogens is 245 g/mol. The Morgan fingerprint density at radius 1 is 1.50 bits per heavy atom. The van der Waals surface area contributed by atoms with Crippen LogP contribution in [-0.4, -0.2) is 39.6 Å². The number of aromatic amines is 1. The minimum absolute atomic E-state index is 0.113. The van der Waals surface area contributed by atoms with Gasteiger partial charge in [-0.2, -0.15) is 9.45 Å². The normalized spacial score (nSPS) is 11.1. The van der Waals surface area contributed by atoms with Gasteiger partial charge < -0.3 is 14.9 Å². The maximum atomic E-state index is 12.9. The first-order valence-corrected chi connectivity index (χ1v) is 5.55. The Morgan fingerprint density at radius 3 is 2.89 bits per heavy atom. The Bertz CT molecular complexity index is 485. The van der Waals surface area contributed by atoms with E-state index in [-0.39, 0.29) is 13.2 Å². The molecule has 1 aromatic heterocycles. The number of hydrogen-bond donors (Lipinski definition) is 2. The third-order valence-electron chi connectivity index (χ3n) is 2.16. The van der Waals surface area contributed by atoms with Crippen molar-refractivity contribution in [2.75, 3.05) is 19.8 Å². The predicted octanol–water partition coefficient (Wildman–Crippen LogP) is -0.249. The van der Waals surface area contributed by atoms with Crippen LogP contribution in [0.1, 0.15) is 13.3 Å². The lowest BCUT2D eigenvalue weighted by Gasteiger charge is -2.15. The third-order valence-corrected chi connectivity index (χ3v) is 2.16. The largest absolute Gasteiger partial charge is 0.380 e. The van der Waals surface area contributed by atoms with Gasteiger partial charge in [0.1, 0.15) is 6.67 Å². The summed E-state index contributed by atoms with van der Waals surface area (Å²) < 4.78 is 18.6. The highest BCUT2D eigenvalue weighted by atomic mass is 19.1. The summed E-state index contributed by atoms with van der Waals surface area (Å²) in [5.74, 6) is -1.08. The topological polar surface area (TPSA) is 87.6 Å². The van der Waals surface area contributed by atoms with E-state index in [9.17, 15) is 19.2 Å². The number of halogens is 1. The number of ether oxygens (including phenoxy) is 1. The molecule has 0 saturated carbocycles. The van der Waals surface area contributed by atoms with Crippen LogP contribution < -0.4 is 11.2 Å². The lowest BCUT2D eigenvalue weighted by Crippen LogP contribution is -2.42. The molecule has 0 fully saturated rings. The second-order valence-corrected chi connectivity index (χ2v) is 3.66. The van der Waals surface area contributed by atoms with Crippen LogP contribution in [-0.2, 0) is 11.4 Å². The van der Waals surface area contributed by atoms with Crippen LogP contribution in [0.5, 0.6) is 0 Å². The Kier molecular flexibility index (Phi) is 5.69. The van der Waals surface area contributed by atoms with E-state index in [4.69, 9.17) is 4.74 Å². The van der Waals surface area contributed by atoms with Crippen LogP contribution in [0.15, 0.2) is 15.8 Å². The standard InChI is InChI=1S/C10H16FN3O4/c1-2-4-18-5-3-13(17)7-14-9(15)8(11)6-12-10(14)16/h6,17H,2-5,7H2,1H3,(H,12,16). The Labute approximate surface area is 102 Å². The molecule has 0 aliphatic heterocycles. The molecule has 1 rings (SSSR count). The van der Waals surface area contributed by atoms with Crippen molar-refractivity contribution < 1.29 is 14.3 Å². The minimum atomic E-state index is -1.08.